The van der Waals surface area contributed by atoms with Gasteiger partial charge in [-0.05, 0) is 18.2 Å². The van der Waals surface area contributed by atoms with Crippen LogP contribution < -0.4 is 5.46 Å². The average molecular weight is 615 g/mol. The molecule has 0 bridgehead atoms. The molecule has 2 aromatic heterocycles. The third kappa shape index (κ3) is 9.74. The van der Waals surface area contributed by atoms with Crippen molar-refractivity contribution in [2.75, 3.05) is 0 Å². The van der Waals surface area contributed by atoms with Crippen LogP contribution in [0.2, 0.25) is 5.15 Å². The van der Waals surface area contributed by atoms with Crippen LogP contribution in [0.25, 0.3) is 20.9 Å². The number of aromatic nitrogens is 4. The molecule has 2 heterocycles. The van der Waals surface area contributed by atoms with Gasteiger partial charge in [0.05, 0.1) is 43.6 Å². The Kier molecular flexibility index (Phi) is 11.4. The molecular weight excluding hydrogens is 603 g/mol. The van der Waals surface area contributed by atoms with Crippen molar-refractivity contribution in [3.05, 3.63) is 112 Å². The fraction of sp³-hybridized carbons (Fsp3) is 0.0833. The molecule has 0 saturated carbocycles. The highest BCUT2D eigenvalue weighted by atomic mass is 35.5. The first-order valence-electron chi connectivity index (χ1n) is 10.7. The lowest BCUT2D eigenvalue weighted by atomic mass is 9.80. The molecule has 0 radical (unpaired) electrons. The van der Waals surface area contributed by atoms with Crippen LogP contribution in [0.5, 0.6) is 0 Å². The molecule has 0 fully saturated rings. The van der Waals surface area contributed by atoms with Crippen molar-refractivity contribution in [1.29, 1.82) is 0 Å². The minimum atomic E-state index is -4.59. The van der Waals surface area contributed by atoms with Gasteiger partial charge >= 0.3 is 19.5 Å². The van der Waals surface area contributed by atoms with E-state index in [-0.39, 0.29) is 33.2 Å². The van der Waals surface area contributed by atoms with E-state index < -0.39 is 42.5 Å². The lowest BCUT2D eigenvalue weighted by Crippen LogP contribution is -2.32. The van der Waals surface area contributed by atoms with Crippen LogP contribution in [-0.4, -0.2) is 37.1 Å². The van der Waals surface area contributed by atoms with Crippen LogP contribution in [0.1, 0.15) is 11.4 Å². The van der Waals surface area contributed by atoms with Gasteiger partial charge in [0.2, 0.25) is 0 Å². The van der Waals surface area contributed by atoms with Gasteiger partial charge < -0.3 is 10.0 Å². The minimum absolute atomic E-state index is 0.0574. The van der Waals surface area contributed by atoms with Gasteiger partial charge in [0.25, 0.3) is 0 Å². The number of nitrogens with zero attached hydrogens (tertiary/aromatic N) is 6. The summed E-state index contributed by atoms with van der Waals surface area (Å²) >= 11 is 5.22. The summed E-state index contributed by atoms with van der Waals surface area (Å²) in [5.74, 6) is -1.40. The van der Waals surface area contributed by atoms with Crippen molar-refractivity contribution in [2.24, 2.45) is 0 Å². The number of halogens is 9. The molecule has 0 spiro atoms. The first-order valence-corrected chi connectivity index (χ1v) is 11.1. The number of hydrogen-bond acceptors (Lipinski definition) is 6. The van der Waals surface area contributed by atoms with Gasteiger partial charge in [-0.2, -0.15) is 26.3 Å². The quantitative estimate of drug-likeness (QED) is 0.162. The molecular formula is C24H12BClF8N6O2. The van der Waals surface area contributed by atoms with Crippen LogP contribution in [0.15, 0.2) is 61.2 Å². The van der Waals surface area contributed by atoms with E-state index in [0.29, 0.717) is 12.4 Å². The zero-order valence-corrected chi connectivity index (χ0v) is 21.1. The molecule has 0 atom stereocenters. The van der Waals surface area contributed by atoms with Gasteiger partial charge in [-0.3, -0.25) is 4.98 Å². The predicted octanol–water partition coefficient (Wildman–Crippen LogP) is 6.06. The molecule has 0 aliphatic heterocycles. The second-order valence-corrected chi connectivity index (χ2v) is 7.86. The highest BCUT2D eigenvalue weighted by molar-refractivity contribution is 6.58. The number of hydrogen-bond donors (Lipinski definition) is 2. The summed E-state index contributed by atoms with van der Waals surface area (Å²) in [7, 11) is -1.87. The lowest BCUT2D eigenvalue weighted by Gasteiger charge is -2.06. The van der Waals surface area contributed by atoms with Crippen molar-refractivity contribution in [3.63, 3.8) is 0 Å². The summed E-state index contributed by atoms with van der Waals surface area (Å²) in [5, 5.41) is 17.2. The molecule has 4 rings (SSSR count). The van der Waals surface area contributed by atoms with Crippen LogP contribution in [-0.2, 0) is 12.4 Å². The maximum Gasteiger partial charge on any atom is 0.490 e. The Morgan fingerprint density at radius 1 is 0.690 bits per heavy atom. The van der Waals surface area contributed by atoms with Crippen LogP contribution in [0.4, 0.5) is 46.5 Å². The number of alkyl halides is 6. The van der Waals surface area contributed by atoms with Crippen molar-refractivity contribution in [1.82, 2.24) is 19.9 Å². The van der Waals surface area contributed by atoms with Gasteiger partial charge in [0.15, 0.2) is 22.8 Å². The van der Waals surface area contributed by atoms with Gasteiger partial charge in [-0.25, -0.2) is 33.4 Å². The molecule has 2 aromatic carbocycles. The third-order valence-corrected chi connectivity index (χ3v) is 4.79. The van der Waals surface area contributed by atoms with E-state index in [4.69, 9.17) is 34.8 Å². The predicted molar refractivity (Wildman–Crippen MR) is 133 cm³/mol. The molecule has 4 aromatic rings. The third-order valence-electron chi connectivity index (χ3n) is 4.59. The molecule has 0 amide bonds. The van der Waals surface area contributed by atoms with Crippen LogP contribution >= 0.6 is 11.6 Å². The van der Waals surface area contributed by atoms with Crippen molar-refractivity contribution >= 4 is 35.6 Å². The molecule has 8 nitrogen and oxygen atoms in total. The Labute approximate surface area is 236 Å². The molecule has 0 saturated heterocycles. The number of rotatable bonds is 2. The van der Waals surface area contributed by atoms with Gasteiger partial charge in [-0.1, -0.05) is 29.8 Å². The van der Waals surface area contributed by atoms with E-state index in [1.165, 1.54) is 18.2 Å². The highest BCUT2D eigenvalue weighted by Gasteiger charge is 2.33. The molecule has 0 unspecified atom stereocenters. The van der Waals surface area contributed by atoms with E-state index in [2.05, 4.69) is 29.6 Å². The topological polar surface area (TPSA) is 101 Å². The smallest absolute Gasteiger partial charge is 0.423 e. The zero-order valence-electron chi connectivity index (χ0n) is 20.3. The molecule has 216 valence electrons. The maximum absolute atomic E-state index is 13.5. The molecule has 42 heavy (non-hydrogen) atoms. The van der Waals surface area contributed by atoms with Gasteiger partial charge in [0, 0.05) is 11.0 Å². The summed E-state index contributed by atoms with van der Waals surface area (Å²) < 4.78 is 98.5. The fourth-order valence-electron chi connectivity index (χ4n) is 2.65. The maximum atomic E-state index is 13.5. The first kappa shape index (κ1) is 33.5. The summed E-state index contributed by atoms with van der Waals surface area (Å²) in [5.41, 5.74) is -2.24. The standard InChI is InChI=1S/C12H5F4N3.C7H5BFNO2.C5H2ClF3N2/c1-17-7-2-3-9(13)8(4-7)10-5-19-11(6-18-10)12(14,15)16;1-10-5-2-3-7(9)6(4-5)8(11)12;6-4-2-10-3(1-11-4)5(7,8)9/h2-6H;2-4,11-12H;1-2H. The summed E-state index contributed by atoms with van der Waals surface area (Å²) in [6, 6.07) is 6.94. The Bertz CT molecular complexity index is 1590. The van der Waals surface area contributed by atoms with Gasteiger partial charge in [0.1, 0.15) is 16.8 Å². The summed E-state index contributed by atoms with van der Waals surface area (Å²) in [6.45, 7) is 13.4. The normalized spacial score (nSPS) is 10.7. The van der Waals surface area contributed by atoms with E-state index >= 15 is 0 Å². The zero-order chi connectivity index (χ0) is 31.7. The summed E-state index contributed by atoms with van der Waals surface area (Å²) in [6.07, 6.45) is -6.25. The second-order valence-electron chi connectivity index (χ2n) is 7.47. The molecule has 0 aliphatic carbocycles. The Morgan fingerprint density at radius 3 is 1.62 bits per heavy atom. The van der Waals surface area contributed by atoms with Crippen molar-refractivity contribution in [2.45, 2.75) is 12.4 Å². The van der Waals surface area contributed by atoms with Crippen LogP contribution in [0.3, 0.4) is 0 Å². The number of benzene rings is 2. The van der Waals surface area contributed by atoms with E-state index in [1.807, 2.05) is 0 Å². The lowest BCUT2D eigenvalue weighted by molar-refractivity contribution is -0.142. The van der Waals surface area contributed by atoms with Crippen molar-refractivity contribution in [3.8, 4) is 11.3 Å². The van der Waals surface area contributed by atoms with E-state index in [1.54, 1.807) is 0 Å². The largest absolute Gasteiger partial charge is 0.490 e. The fourth-order valence-corrected chi connectivity index (χ4v) is 2.75. The Morgan fingerprint density at radius 2 is 1.19 bits per heavy atom. The van der Waals surface area contributed by atoms with Crippen LogP contribution in [0, 0.1) is 24.8 Å². The first-order chi connectivity index (χ1) is 19.6. The Balaban J connectivity index is 0.000000233. The second kappa shape index (κ2) is 14.3. The molecule has 2 N–H and O–H groups in total. The van der Waals surface area contributed by atoms with Gasteiger partial charge in [-0.15, -0.1) is 0 Å². The average Bonchev–Trinajstić information content (AvgIpc) is 2.93. The molecule has 0 aliphatic rings. The minimum Gasteiger partial charge on any atom is -0.423 e. The molecule has 18 heteroatoms. The van der Waals surface area contributed by atoms with Crippen molar-refractivity contribution < 1.29 is 45.2 Å². The van der Waals surface area contributed by atoms with E-state index in [9.17, 15) is 35.1 Å². The monoisotopic (exact) mass is 614 g/mol. The Hall–Kier alpha value is -4.71. The SMILES string of the molecule is FC(F)(F)c1cnc(Cl)cn1.[C-]#[N+]c1ccc(F)c(-c2cnc(C(F)(F)F)cn2)c1.[C-]#[N+]c1ccc(F)c(B(O)O)c1. The van der Waals surface area contributed by atoms with E-state index in [0.717, 1.165) is 30.6 Å². The highest BCUT2D eigenvalue weighted by Crippen LogP contribution is 2.30. The summed E-state index contributed by atoms with van der Waals surface area (Å²) in [4.78, 5) is 19.1.